The number of para-hydroxylation sites is 1. The zero-order chi connectivity index (χ0) is 18.9. The van der Waals surface area contributed by atoms with Crippen LogP contribution in [0, 0.1) is 0 Å². The molecule has 28 heavy (non-hydrogen) atoms. The van der Waals surface area contributed by atoms with Gasteiger partial charge in [-0.15, -0.1) is 5.10 Å². The minimum absolute atomic E-state index is 0.198. The molecule has 0 spiro atoms. The number of H-pyrrole nitrogens is 1. The van der Waals surface area contributed by atoms with Gasteiger partial charge in [0.25, 0.3) is 5.56 Å². The number of fused-ring (bicyclic) bond motifs is 1. The number of rotatable bonds is 3. The summed E-state index contributed by atoms with van der Waals surface area (Å²) in [6.45, 7) is 3.63. The van der Waals surface area contributed by atoms with E-state index in [9.17, 15) is 4.79 Å². The summed E-state index contributed by atoms with van der Waals surface area (Å²) in [4.78, 5) is 26.4. The van der Waals surface area contributed by atoms with Crippen molar-refractivity contribution in [3.63, 3.8) is 0 Å². The van der Waals surface area contributed by atoms with Gasteiger partial charge in [0.15, 0.2) is 0 Å². The summed E-state index contributed by atoms with van der Waals surface area (Å²) in [5.41, 5.74) is 2.26. The molecule has 0 amide bonds. The molecule has 5 rings (SSSR count). The van der Waals surface area contributed by atoms with Crippen molar-refractivity contribution in [1.82, 2.24) is 35.3 Å². The molecule has 4 aromatic rings. The van der Waals surface area contributed by atoms with E-state index in [1.807, 2.05) is 30.3 Å². The molecule has 0 aliphatic carbocycles. The summed E-state index contributed by atoms with van der Waals surface area (Å²) >= 11 is 0. The van der Waals surface area contributed by atoms with E-state index in [2.05, 4.69) is 35.5 Å². The van der Waals surface area contributed by atoms with Gasteiger partial charge in [0.1, 0.15) is 11.4 Å². The maximum Gasteiger partial charge on any atom is 0.258 e. The average molecular weight is 374 g/mol. The van der Waals surface area contributed by atoms with Crippen molar-refractivity contribution >= 4 is 16.9 Å². The van der Waals surface area contributed by atoms with Crippen LogP contribution < -0.4 is 15.8 Å². The molecule has 3 aromatic heterocycles. The van der Waals surface area contributed by atoms with Crippen LogP contribution in [0.4, 0.5) is 5.95 Å². The van der Waals surface area contributed by atoms with Crippen LogP contribution in [0.25, 0.3) is 27.8 Å². The van der Waals surface area contributed by atoms with E-state index in [1.165, 1.54) is 0 Å². The molecule has 0 radical (unpaired) electrons. The fourth-order valence-electron chi connectivity index (χ4n) is 3.31. The summed E-state index contributed by atoms with van der Waals surface area (Å²) in [5.74, 6) is 0.705. The van der Waals surface area contributed by atoms with E-state index >= 15 is 0 Å². The van der Waals surface area contributed by atoms with Crippen LogP contribution in [0.5, 0.6) is 0 Å². The van der Waals surface area contributed by atoms with Crippen molar-refractivity contribution in [2.45, 2.75) is 0 Å². The van der Waals surface area contributed by atoms with E-state index in [0.717, 1.165) is 37.1 Å². The van der Waals surface area contributed by atoms with Gasteiger partial charge in [-0.3, -0.25) is 4.79 Å². The summed E-state index contributed by atoms with van der Waals surface area (Å²) in [7, 11) is 0. The number of pyridine rings is 1. The second-order valence-electron chi connectivity index (χ2n) is 6.63. The van der Waals surface area contributed by atoms with Crippen molar-refractivity contribution in [2.75, 3.05) is 31.1 Å². The molecule has 0 bridgehead atoms. The van der Waals surface area contributed by atoms with Crippen molar-refractivity contribution in [1.29, 1.82) is 0 Å². The molecule has 4 heterocycles. The smallest absolute Gasteiger partial charge is 0.258 e. The minimum atomic E-state index is -0.198. The van der Waals surface area contributed by atoms with E-state index in [-0.39, 0.29) is 5.56 Å². The first-order valence-electron chi connectivity index (χ1n) is 9.11. The Balaban J connectivity index is 1.45. The Bertz CT molecular complexity index is 1170. The number of piperazine rings is 1. The number of aromatic amines is 1. The number of hydrogen-bond acceptors (Lipinski definition) is 7. The molecular weight excluding hydrogens is 356 g/mol. The molecule has 0 saturated carbocycles. The van der Waals surface area contributed by atoms with Crippen LogP contribution in [0.2, 0.25) is 0 Å². The van der Waals surface area contributed by atoms with E-state index in [0.29, 0.717) is 22.9 Å². The molecule has 9 heteroatoms. The standard InChI is InChI=1S/C19H18N8O/c28-18-15(9-13-3-1-2-4-16(13)23-18)17-12-27(25-24-17)14-10-21-19(22-11-14)26-7-5-20-6-8-26/h1-4,9-12,20H,5-8H2,(H,23,28). The first-order chi connectivity index (χ1) is 13.8. The van der Waals surface area contributed by atoms with E-state index in [1.54, 1.807) is 23.3 Å². The number of benzene rings is 1. The van der Waals surface area contributed by atoms with Gasteiger partial charge in [-0.2, -0.15) is 0 Å². The molecule has 9 nitrogen and oxygen atoms in total. The molecule has 1 aromatic carbocycles. The zero-order valence-corrected chi connectivity index (χ0v) is 15.0. The molecule has 1 saturated heterocycles. The largest absolute Gasteiger partial charge is 0.338 e. The Morgan fingerprint density at radius 2 is 1.82 bits per heavy atom. The van der Waals surface area contributed by atoms with Gasteiger partial charge in [-0.25, -0.2) is 14.6 Å². The van der Waals surface area contributed by atoms with Gasteiger partial charge in [0, 0.05) is 31.7 Å². The van der Waals surface area contributed by atoms with Crippen molar-refractivity contribution in [2.24, 2.45) is 0 Å². The first-order valence-corrected chi connectivity index (χ1v) is 9.11. The van der Waals surface area contributed by atoms with Crippen LogP contribution >= 0.6 is 0 Å². The lowest BCUT2D eigenvalue weighted by Crippen LogP contribution is -2.44. The predicted octanol–water partition coefficient (Wildman–Crippen LogP) is 0.975. The van der Waals surface area contributed by atoms with Crippen LogP contribution in [-0.2, 0) is 0 Å². The number of anilines is 1. The number of aromatic nitrogens is 6. The van der Waals surface area contributed by atoms with E-state index < -0.39 is 0 Å². The van der Waals surface area contributed by atoms with Gasteiger partial charge in [0.05, 0.1) is 24.2 Å². The SMILES string of the molecule is O=c1[nH]c2ccccc2cc1-c1cn(-c2cnc(N3CCNCC3)nc2)nn1. The van der Waals surface area contributed by atoms with Gasteiger partial charge in [0.2, 0.25) is 5.95 Å². The van der Waals surface area contributed by atoms with Crippen LogP contribution in [0.15, 0.2) is 53.7 Å². The third-order valence-corrected chi connectivity index (χ3v) is 4.81. The zero-order valence-electron chi connectivity index (χ0n) is 15.0. The maximum atomic E-state index is 12.4. The normalized spacial score (nSPS) is 14.5. The Labute approximate surface area is 160 Å². The van der Waals surface area contributed by atoms with Crippen molar-refractivity contribution in [3.05, 3.63) is 59.3 Å². The van der Waals surface area contributed by atoms with Crippen LogP contribution in [0.3, 0.4) is 0 Å². The second kappa shape index (κ2) is 6.86. The average Bonchev–Trinajstić information content (AvgIpc) is 3.24. The quantitative estimate of drug-likeness (QED) is 0.551. The van der Waals surface area contributed by atoms with Gasteiger partial charge >= 0.3 is 0 Å². The number of hydrogen-bond donors (Lipinski definition) is 2. The predicted molar refractivity (Wildman–Crippen MR) is 106 cm³/mol. The summed E-state index contributed by atoms with van der Waals surface area (Å²) in [5, 5.41) is 12.5. The number of nitrogens with one attached hydrogen (secondary N) is 2. The molecule has 2 N–H and O–H groups in total. The molecule has 140 valence electrons. The molecule has 1 fully saturated rings. The molecule has 1 aliphatic rings. The van der Waals surface area contributed by atoms with Gasteiger partial charge in [-0.05, 0) is 17.5 Å². The number of nitrogens with zero attached hydrogens (tertiary/aromatic N) is 6. The maximum absolute atomic E-state index is 12.4. The Hall–Kier alpha value is -3.59. The lowest BCUT2D eigenvalue weighted by molar-refractivity contribution is 0.579. The lowest BCUT2D eigenvalue weighted by Gasteiger charge is -2.27. The highest BCUT2D eigenvalue weighted by Gasteiger charge is 2.14. The molecule has 1 aliphatic heterocycles. The molecule has 0 unspecified atom stereocenters. The lowest BCUT2D eigenvalue weighted by atomic mass is 10.1. The third kappa shape index (κ3) is 3.01. The highest BCUT2D eigenvalue weighted by molar-refractivity contribution is 5.82. The first kappa shape index (κ1) is 16.6. The summed E-state index contributed by atoms with van der Waals surface area (Å²) in [6, 6.07) is 9.46. The fraction of sp³-hybridized carbons (Fsp3) is 0.211. The van der Waals surface area contributed by atoms with Crippen molar-refractivity contribution < 1.29 is 0 Å². The summed E-state index contributed by atoms with van der Waals surface area (Å²) in [6.07, 6.45) is 5.14. The highest BCUT2D eigenvalue weighted by atomic mass is 16.1. The van der Waals surface area contributed by atoms with E-state index in [4.69, 9.17) is 0 Å². The van der Waals surface area contributed by atoms with Gasteiger partial charge < -0.3 is 15.2 Å². The second-order valence-corrected chi connectivity index (χ2v) is 6.63. The van der Waals surface area contributed by atoms with Crippen LogP contribution in [-0.4, -0.2) is 56.1 Å². The summed E-state index contributed by atoms with van der Waals surface area (Å²) < 4.78 is 1.57. The molecule has 0 atom stereocenters. The van der Waals surface area contributed by atoms with Crippen molar-refractivity contribution in [3.8, 4) is 16.9 Å². The topological polar surface area (TPSA) is 105 Å². The monoisotopic (exact) mass is 374 g/mol. The third-order valence-electron chi connectivity index (χ3n) is 4.81. The Morgan fingerprint density at radius 3 is 2.64 bits per heavy atom. The fourth-order valence-corrected chi connectivity index (χ4v) is 3.31. The Kier molecular flexibility index (Phi) is 4.06. The van der Waals surface area contributed by atoms with Gasteiger partial charge in [-0.1, -0.05) is 23.4 Å². The van der Waals surface area contributed by atoms with Crippen LogP contribution in [0.1, 0.15) is 0 Å². The Morgan fingerprint density at radius 1 is 1.04 bits per heavy atom. The highest BCUT2D eigenvalue weighted by Crippen LogP contribution is 2.18. The minimum Gasteiger partial charge on any atom is -0.338 e. The molecular formula is C19H18N8O.